The lowest BCUT2D eigenvalue weighted by atomic mass is 10.2. The Morgan fingerprint density at radius 3 is 2.94 bits per heavy atom. The first-order valence-electron chi connectivity index (χ1n) is 5.34. The third-order valence-corrected chi connectivity index (χ3v) is 2.91. The average Bonchev–Trinajstić information content (AvgIpc) is 2.29. The van der Waals surface area contributed by atoms with E-state index in [1.165, 1.54) is 0 Å². The van der Waals surface area contributed by atoms with E-state index in [1.54, 1.807) is 11.8 Å². The Morgan fingerprint density at radius 1 is 1.44 bits per heavy atom. The molecule has 0 spiro atoms. The molecule has 0 aromatic heterocycles. The van der Waals surface area contributed by atoms with Gasteiger partial charge in [0.2, 0.25) is 5.91 Å². The number of thioether (sulfide) groups is 1. The van der Waals surface area contributed by atoms with E-state index in [4.69, 9.17) is 0 Å². The zero-order valence-electron chi connectivity index (χ0n) is 9.75. The van der Waals surface area contributed by atoms with Crippen LogP contribution >= 0.6 is 11.8 Å². The van der Waals surface area contributed by atoms with Gasteiger partial charge in [-0.25, -0.2) is 0 Å². The van der Waals surface area contributed by atoms with Crippen LogP contribution in [0.15, 0.2) is 29.2 Å². The molecule has 0 aliphatic carbocycles. The Balaban J connectivity index is 2.43. The van der Waals surface area contributed by atoms with Crippen LogP contribution in [0.5, 0.6) is 0 Å². The lowest BCUT2D eigenvalue weighted by Crippen LogP contribution is -2.15. The second-order valence-corrected chi connectivity index (χ2v) is 4.37. The van der Waals surface area contributed by atoms with Gasteiger partial charge < -0.3 is 10.6 Å². The molecule has 1 aromatic carbocycles. The van der Waals surface area contributed by atoms with Gasteiger partial charge in [-0.3, -0.25) is 4.79 Å². The molecule has 0 saturated carbocycles. The van der Waals surface area contributed by atoms with E-state index >= 15 is 0 Å². The molecule has 0 heterocycles. The number of carbonyl (C=O) groups is 1. The summed E-state index contributed by atoms with van der Waals surface area (Å²) in [6, 6.07) is 7.88. The minimum absolute atomic E-state index is 0.0773. The smallest absolute Gasteiger partial charge is 0.224 e. The molecule has 3 nitrogen and oxygen atoms in total. The molecule has 0 saturated heterocycles. The van der Waals surface area contributed by atoms with Gasteiger partial charge in [0.05, 0.1) is 0 Å². The quantitative estimate of drug-likeness (QED) is 0.590. The fourth-order valence-electron chi connectivity index (χ4n) is 1.35. The van der Waals surface area contributed by atoms with Crippen molar-refractivity contribution in [3.8, 4) is 0 Å². The van der Waals surface area contributed by atoms with Gasteiger partial charge in [-0.1, -0.05) is 6.07 Å². The van der Waals surface area contributed by atoms with Crippen LogP contribution in [0.4, 0.5) is 5.69 Å². The van der Waals surface area contributed by atoms with E-state index in [0.717, 1.165) is 23.5 Å². The van der Waals surface area contributed by atoms with Crippen LogP contribution in [0, 0.1) is 0 Å². The van der Waals surface area contributed by atoms with E-state index in [2.05, 4.69) is 10.6 Å². The Hall–Kier alpha value is -1.00. The van der Waals surface area contributed by atoms with Gasteiger partial charge in [-0.05, 0) is 44.5 Å². The molecule has 1 rings (SSSR count). The van der Waals surface area contributed by atoms with Crippen LogP contribution in [0.1, 0.15) is 12.8 Å². The maximum atomic E-state index is 11.5. The number of hydrogen-bond donors (Lipinski definition) is 2. The van der Waals surface area contributed by atoms with E-state index in [9.17, 15) is 4.79 Å². The molecular formula is C12H18N2OS. The van der Waals surface area contributed by atoms with Crippen LogP contribution in [0.3, 0.4) is 0 Å². The summed E-state index contributed by atoms with van der Waals surface area (Å²) >= 11 is 1.67. The van der Waals surface area contributed by atoms with Gasteiger partial charge >= 0.3 is 0 Å². The van der Waals surface area contributed by atoms with Crippen molar-refractivity contribution in [2.45, 2.75) is 17.7 Å². The van der Waals surface area contributed by atoms with Crippen LogP contribution < -0.4 is 10.6 Å². The highest BCUT2D eigenvalue weighted by molar-refractivity contribution is 7.98. The van der Waals surface area contributed by atoms with Crippen molar-refractivity contribution in [1.29, 1.82) is 0 Å². The van der Waals surface area contributed by atoms with Crippen molar-refractivity contribution >= 4 is 23.4 Å². The first-order valence-corrected chi connectivity index (χ1v) is 6.57. The first kappa shape index (κ1) is 13.1. The molecule has 0 aliphatic heterocycles. The highest BCUT2D eigenvalue weighted by atomic mass is 32.2. The van der Waals surface area contributed by atoms with E-state index in [1.807, 2.05) is 37.6 Å². The second kappa shape index (κ2) is 7.30. The van der Waals surface area contributed by atoms with Crippen molar-refractivity contribution in [3.63, 3.8) is 0 Å². The van der Waals surface area contributed by atoms with Gasteiger partial charge in [0.15, 0.2) is 0 Å². The maximum absolute atomic E-state index is 11.5. The van der Waals surface area contributed by atoms with Crippen molar-refractivity contribution in [2.75, 3.05) is 25.2 Å². The minimum Gasteiger partial charge on any atom is -0.326 e. The number of rotatable bonds is 6. The topological polar surface area (TPSA) is 41.1 Å². The summed E-state index contributed by atoms with van der Waals surface area (Å²) < 4.78 is 0. The monoisotopic (exact) mass is 238 g/mol. The summed E-state index contributed by atoms with van der Waals surface area (Å²) in [6.07, 6.45) is 3.45. The Kier molecular flexibility index (Phi) is 5.96. The molecule has 0 aliphatic rings. The standard InChI is InChI=1S/C12H18N2OS/c1-13-8-4-7-12(15)14-10-5-3-6-11(9-10)16-2/h3,5-6,9,13H,4,7-8H2,1-2H3,(H,14,15). The van der Waals surface area contributed by atoms with Crippen LogP contribution in [0.2, 0.25) is 0 Å². The van der Waals surface area contributed by atoms with Gasteiger partial charge in [-0.15, -0.1) is 11.8 Å². The zero-order valence-corrected chi connectivity index (χ0v) is 10.6. The van der Waals surface area contributed by atoms with E-state index < -0.39 is 0 Å². The lowest BCUT2D eigenvalue weighted by molar-refractivity contribution is -0.116. The number of nitrogens with one attached hydrogen (secondary N) is 2. The Labute approximate surface area is 101 Å². The van der Waals surface area contributed by atoms with E-state index in [0.29, 0.717) is 6.42 Å². The average molecular weight is 238 g/mol. The molecule has 0 atom stereocenters. The molecule has 0 bridgehead atoms. The summed E-state index contributed by atoms with van der Waals surface area (Å²) in [5.41, 5.74) is 0.876. The summed E-state index contributed by atoms with van der Waals surface area (Å²) in [6.45, 7) is 0.873. The molecule has 1 amide bonds. The maximum Gasteiger partial charge on any atom is 0.224 e. The Bertz CT molecular complexity index is 342. The van der Waals surface area contributed by atoms with Gasteiger partial charge in [0.25, 0.3) is 0 Å². The van der Waals surface area contributed by atoms with Gasteiger partial charge in [0, 0.05) is 17.0 Å². The van der Waals surface area contributed by atoms with Crippen molar-refractivity contribution < 1.29 is 4.79 Å². The predicted molar refractivity (Wildman–Crippen MR) is 70.0 cm³/mol. The third-order valence-electron chi connectivity index (χ3n) is 2.18. The second-order valence-electron chi connectivity index (χ2n) is 3.49. The number of hydrogen-bond acceptors (Lipinski definition) is 3. The van der Waals surface area contributed by atoms with Gasteiger partial charge in [-0.2, -0.15) is 0 Å². The fraction of sp³-hybridized carbons (Fsp3) is 0.417. The SMILES string of the molecule is CNCCCC(=O)Nc1cccc(SC)c1. The fourth-order valence-corrected chi connectivity index (χ4v) is 1.81. The lowest BCUT2D eigenvalue weighted by Gasteiger charge is -2.06. The van der Waals surface area contributed by atoms with Crippen molar-refractivity contribution in [2.24, 2.45) is 0 Å². The molecular weight excluding hydrogens is 220 g/mol. The van der Waals surface area contributed by atoms with Crippen LogP contribution in [-0.4, -0.2) is 25.8 Å². The number of amides is 1. The molecule has 16 heavy (non-hydrogen) atoms. The summed E-state index contributed by atoms with van der Waals surface area (Å²) in [7, 11) is 1.89. The third kappa shape index (κ3) is 4.68. The molecule has 0 unspecified atom stereocenters. The van der Waals surface area contributed by atoms with Crippen molar-refractivity contribution in [3.05, 3.63) is 24.3 Å². The summed E-state index contributed by atoms with van der Waals surface area (Å²) in [5.74, 6) is 0.0773. The highest BCUT2D eigenvalue weighted by Crippen LogP contribution is 2.18. The molecule has 0 radical (unpaired) electrons. The normalized spacial score (nSPS) is 10.1. The predicted octanol–water partition coefficient (Wildman–Crippen LogP) is 2.35. The summed E-state index contributed by atoms with van der Waals surface area (Å²) in [5, 5.41) is 5.92. The number of carbonyl (C=O) groups excluding carboxylic acids is 1. The molecule has 4 heteroatoms. The number of anilines is 1. The Morgan fingerprint density at radius 2 is 2.25 bits per heavy atom. The summed E-state index contributed by atoms with van der Waals surface area (Å²) in [4.78, 5) is 12.7. The minimum atomic E-state index is 0.0773. The highest BCUT2D eigenvalue weighted by Gasteiger charge is 2.02. The van der Waals surface area contributed by atoms with Crippen LogP contribution in [-0.2, 0) is 4.79 Å². The molecule has 0 fully saturated rings. The number of benzene rings is 1. The zero-order chi connectivity index (χ0) is 11.8. The van der Waals surface area contributed by atoms with Crippen molar-refractivity contribution in [1.82, 2.24) is 5.32 Å². The molecule has 88 valence electrons. The molecule has 2 N–H and O–H groups in total. The van der Waals surface area contributed by atoms with Gasteiger partial charge in [0.1, 0.15) is 0 Å². The first-order chi connectivity index (χ1) is 7.76. The van der Waals surface area contributed by atoms with Crippen LogP contribution in [0.25, 0.3) is 0 Å². The molecule has 1 aromatic rings. The van der Waals surface area contributed by atoms with E-state index in [-0.39, 0.29) is 5.91 Å². The largest absolute Gasteiger partial charge is 0.326 e.